The van der Waals surface area contributed by atoms with Crippen molar-refractivity contribution in [3.63, 3.8) is 0 Å². The number of cyclic esters (lactones) is 3. The van der Waals surface area contributed by atoms with Crippen LogP contribution in [0.1, 0.15) is 414 Å². The molecule has 5 N–H and O–H groups in total. The summed E-state index contributed by atoms with van der Waals surface area (Å²) in [5, 5.41) is 43.8. The molecule has 0 amide bonds. The molecule has 12 rings (SSSR count). The number of benzene rings is 3. The average molecular weight is 1980 g/mol. The molecule has 6 aliphatic carbocycles. The van der Waals surface area contributed by atoms with Gasteiger partial charge in [-0.2, -0.15) is 0 Å². The van der Waals surface area contributed by atoms with Gasteiger partial charge in [0.1, 0.15) is 86.4 Å². The van der Waals surface area contributed by atoms with Gasteiger partial charge < -0.3 is 77.6 Å². The highest BCUT2D eigenvalue weighted by Gasteiger charge is 2.53. The summed E-state index contributed by atoms with van der Waals surface area (Å²) >= 11 is 0. The van der Waals surface area contributed by atoms with Crippen LogP contribution in [-0.4, -0.2) is 174 Å². The maximum atomic E-state index is 12.0. The van der Waals surface area contributed by atoms with Crippen molar-refractivity contribution < 1.29 is 130 Å². The Morgan fingerprint density at radius 2 is 0.643 bits per heavy atom. The molecule has 800 valence electrons. The van der Waals surface area contributed by atoms with E-state index in [1.165, 1.54) is 74.5 Å². The molecule has 140 heavy (non-hydrogen) atoms. The van der Waals surface area contributed by atoms with Gasteiger partial charge in [0.05, 0.1) is 77.3 Å². The first-order valence-electron chi connectivity index (χ1n) is 52.4. The van der Waals surface area contributed by atoms with E-state index in [-0.39, 0.29) is 196 Å². The second kappa shape index (κ2) is 66.9. The number of aliphatic hydroxyl groups excluding tert-OH is 2. The molecule has 9 aliphatic rings. The molecule has 3 saturated heterocycles. The molecule has 3 aromatic rings. The molecule has 3 heterocycles. The fourth-order valence-electron chi connectivity index (χ4n) is 15.0. The van der Waals surface area contributed by atoms with Gasteiger partial charge in [-0.3, -0.25) is 52.7 Å². The highest BCUT2D eigenvalue weighted by Crippen LogP contribution is 2.57. The summed E-state index contributed by atoms with van der Waals surface area (Å²) in [6.45, 7) is 53.8. The predicted molar refractivity (Wildman–Crippen MR) is 545 cm³/mol. The molecule has 0 aromatic heterocycles. The van der Waals surface area contributed by atoms with E-state index in [0.717, 1.165) is 120 Å². The molecule has 3 aromatic carbocycles. The van der Waals surface area contributed by atoms with Crippen LogP contribution in [0, 0.1) is 62.6 Å². The van der Waals surface area contributed by atoms with Crippen molar-refractivity contribution in [1.29, 1.82) is 0 Å². The van der Waals surface area contributed by atoms with Gasteiger partial charge in [0.15, 0.2) is 0 Å². The van der Waals surface area contributed by atoms with Gasteiger partial charge in [0, 0.05) is 0 Å². The number of rotatable bonds is 32. The van der Waals surface area contributed by atoms with E-state index < -0.39 is 16.2 Å². The van der Waals surface area contributed by atoms with Crippen molar-refractivity contribution in [2.24, 2.45) is 62.6 Å². The number of ether oxygens (including phenoxy) is 11. The number of carbonyl (C=O) groups excluding carboxylic acids is 11. The minimum Gasteiger partial charge on any atom is -0.508 e. The van der Waals surface area contributed by atoms with Gasteiger partial charge in [0.2, 0.25) is 0 Å². The summed E-state index contributed by atoms with van der Waals surface area (Å²) in [7, 11) is 0. The zero-order chi connectivity index (χ0) is 106. The lowest BCUT2D eigenvalue weighted by Crippen LogP contribution is -2.53. The maximum absolute atomic E-state index is 12.0. The monoisotopic (exact) mass is 1980 g/mol. The fourth-order valence-corrected chi connectivity index (χ4v) is 15.0. The number of phenolic OH excluding ortho intramolecular Hbond substituents is 3. The maximum Gasteiger partial charge on any atom is 0.311 e. The largest absolute Gasteiger partial charge is 0.508 e. The van der Waals surface area contributed by atoms with E-state index in [1.807, 2.05) is 167 Å². The Balaban J connectivity index is 0.000000773. The van der Waals surface area contributed by atoms with Crippen LogP contribution in [0.25, 0.3) is 0 Å². The SMILES string of the molecule is CCC(C)(C)C(=O)OC1CCCCC1.CCC(C)(C)C(=O)OC1CCCCC1.CCC(C)(C)C(=O)OC1COC(=O)C1.CCC(C)(C)C(=O)OC1COC(=O)C1.CCC(C)(C)C(=O)OCCO.CCC(C)C(=O)OC12CC3CC(CC(C3)C1)C2.CCC(C)C(=O)OC1COC(=O)C1.CCC(C)C(=O)OCCO.CCC(C)c1ccc(O)cc1.CCC(C)c1ccc(O)cc1.CCC(C)c1cccc(O)c1. The number of phenols is 3. The molecule has 27 nitrogen and oxygen atoms in total. The number of hydrogen-bond donors (Lipinski definition) is 5. The zero-order valence-corrected chi connectivity index (χ0v) is 90.9. The van der Waals surface area contributed by atoms with Crippen molar-refractivity contribution in [3.8, 4) is 17.2 Å². The lowest BCUT2D eigenvalue weighted by atomic mass is 9.54. The second-order valence-corrected chi connectivity index (χ2v) is 42.2. The summed E-state index contributed by atoms with van der Waals surface area (Å²) in [4.78, 5) is 124. The van der Waals surface area contributed by atoms with Gasteiger partial charge in [-0.15, -0.1) is 0 Å². The van der Waals surface area contributed by atoms with Gasteiger partial charge in [0.25, 0.3) is 0 Å². The van der Waals surface area contributed by atoms with Crippen molar-refractivity contribution in [2.45, 2.75) is 433 Å². The Morgan fingerprint density at radius 1 is 0.350 bits per heavy atom. The molecule has 0 radical (unpaired) electrons. The standard InChI is InChI=1S/C15H24O2.2C12H22O2.2C10H16O4.3C10H14O.C9H14O4.C8H16O3.C7H14O3/c1-3-10(2)14(16)17-15-7-11-4-12(8-15)6-13(5-11)9-15;2*1-4-12(2,3)11(13)14-10-8-6-5-7-9-10;2*1-4-10(2,3)9(12)14-7-5-8(11)13-6-7;2*1-3-8(2)9-4-6-10(11)7-5-9;1-3-8(2)9-5-4-6-10(11)7-9;1-3-6(2)9(11)13-7-4-8(10)12-5-7;1-4-8(2,3)7(10)11-6-5-9;1-3-6(2)7(9)10-5-4-8/h10-13H,3-9H2,1-2H3;2*10H,4-9H2,1-3H3;2*7H,4-6H2,1-3H3;3*4-8,11H,3H2,1-2H3;6-7H,3-5H2,1-2H3;9H,4-6H2,1-3H3;6,8H,3-5H2,1-2H3. The van der Waals surface area contributed by atoms with Crippen LogP contribution in [0.2, 0.25) is 0 Å². The van der Waals surface area contributed by atoms with Crippen molar-refractivity contribution in [2.75, 3.05) is 46.2 Å². The molecule has 27 heteroatoms. The quantitative estimate of drug-likeness (QED) is 0.0286. The molecule has 6 saturated carbocycles. The number of carbonyl (C=O) groups is 11. The Labute approximate surface area is 840 Å². The lowest BCUT2D eigenvalue weighted by Gasteiger charge is -2.55. The van der Waals surface area contributed by atoms with E-state index in [9.17, 15) is 52.7 Å². The summed E-state index contributed by atoms with van der Waals surface area (Å²) in [5.74, 6) is 3.16. The number of hydrogen-bond acceptors (Lipinski definition) is 27. The molecule has 9 unspecified atom stereocenters. The predicted octanol–water partition coefficient (Wildman–Crippen LogP) is 23.8. The van der Waals surface area contributed by atoms with Crippen LogP contribution in [0.15, 0.2) is 72.8 Å². The lowest BCUT2D eigenvalue weighted by molar-refractivity contribution is -0.190. The van der Waals surface area contributed by atoms with Crippen LogP contribution in [-0.2, 0) is 105 Å². The van der Waals surface area contributed by atoms with E-state index >= 15 is 0 Å². The Morgan fingerprint density at radius 3 is 0.936 bits per heavy atom. The first-order chi connectivity index (χ1) is 65.7. The fraction of sp³-hybridized carbons (Fsp3) is 0.743. The smallest absolute Gasteiger partial charge is 0.311 e. The van der Waals surface area contributed by atoms with Gasteiger partial charge in [-0.1, -0.05) is 167 Å². The van der Waals surface area contributed by atoms with Gasteiger partial charge in [-0.25, -0.2) is 0 Å². The second-order valence-electron chi connectivity index (χ2n) is 42.2. The van der Waals surface area contributed by atoms with Crippen molar-refractivity contribution >= 4 is 65.7 Å². The molecular formula is C113H186O27. The van der Waals surface area contributed by atoms with Crippen LogP contribution >= 0.6 is 0 Å². The summed E-state index contributed by atoms with van der Waals surface area (Å²) in [6.07, 6.45) is 28.9. The Bertz CT molecular complexity index is 3870. The van der Waals surface area contributed by atoms with Crippen LogP contribution < -0.4 is 0 Å². The third-order valence-electron chi connectivity index (χ3n) is 28.3. The van der Waals surface area contributed by atoms with Crippen LogP contribution in [0.4, 0.5) is 0 Å². The minimum atomic E-state index is -0.481. The number of esters is 11. The molecular weight excluding hydrogens is 1790 g/mol. The third-order valence-corrected chi connectivity index (χ3v) is 28.3. The minimum absolute atomic E-state index is 0.0214. The Kier molecular flexibility index (Phi) is 61.7. The van der Waals surface area contributed by atoms with Crippen LogP contribution in [0.5, 0.6) is 17.2 Å². The van der Waals surface area contributed by atoms with Crippen LogP contribution in [0.3, 0.4) is 0 Å². The van der Waals surface area contributed by atoms with E-state index in [1.54, 1.807) is 44.2 Å². The number of aromatic hydroxyl groups is 3. The molecule has 0 spiro atoms. The average Bonchev–Trinajstić information content (AvgIpc) is 0.795. The molecule has 9 fully saturated rings. The summed E-state index contributed by atoms with van der Waals surface area (Å²) in [5.41, 5.74) is 1.76. The summed E-state index contributed by atoms with van der Waals surface area (Å²) in [6, 6.07) is 22.3. The van der Waals surface area contributed by atoms with Crippen molar-refractivity contribution in [3.05, 3.63) is 89.5 Å². The molecule has 3 aliphatic heterocycles. The van der Waals surface area contributed by atoms with E-state index in [2.05, 4.69) is 57.9 Å². The molecule has 4 bridgehead atoms. The topological polar surface area (TPSA) is 390 Å². The van der Waals surface area contributed by atoms with Gasteiger partial charge >= 0.3 is 65.7 Å². The first kappa shape index (κ1) is 129. The zero-order valence-electron chi connectivity index (χ0n) is 90.9. The normalized spacial score (nSPS) is 20.7. The van der Waals surface area contributed by atoms with Crippen molar-refractivity contribution in [1.82, 2.24) is 0 Å². The molecule has 9 atom stereocenters. The summed E-state index contributed by atoms with van der Waals surface area (Å²) < 4.78 is 55.8. The third kappa shape index (κ3) is 50.4. The number of aliphatic hydroxyl groups is 2. The van der Waals surface area contributed by atoms with Gasteiger partial charge in [-0.05, 0) is 318 Å². The Hall–Kier alpha value is -8.85. The highest BCUT2D eigenvalue weighted by molar-refractivity contribution is 5.80. The van der Waals surface area contributed by atoms with E-state index in [4.69, 9.17) is 68.2 Å². The highest BCUT2D eigenvalue weighted by atomic mass is 16.6. The van der Waals surface area contributed by atoms with E-state index in [0.29, 0.717) is 47.8 Å². The first-order valence-corrected chi connectivity index (χ1v) is 52.4.